The third-order valence-electron chi connectivity index (χ3n) is 3.41. The summed E-state index contributed by atoms with van der Waals surface area (Å²) in [5.41, 5.74) is 0.737. The van der Waals surface area contributed by atoms with Crippen LogP contribution >= 0.6 is 11.3 Å². The summed E-state index contributed by atoms with van der Waals surface area (Å²) in [4.78, 5) is 16.2. The summed E-state index contributed by atoms with van der Waals surface area (Å²) < 4.78 is 5.55. The van der Waals surface area contributed by atoms with Crippen molar-refractivity contribution < 1.29 is 9.53 Å². The maximum atomic E-state index is 12.0. The zero-order valence-electron chi connectivity index (χ0n) is 12.2. The number of carbonyl (C=O) groups is 1. The second kappa shape index (κ2) is 6.80. The van der Waals surface area contributed by atoms with Crippen molar-refractivity contribution in [2.75, 3.05) is 11.9 Å². The van der Waals surface area contributed by atoms with E-state index < -0.39 is 0 Å². The number of rotatable bonds is 4. The summed E-state index contributed by atoms with van der Waals surface area (Å²) in [5, 5.41) is 14.7. The van der Waals surface area contributed by atoms with Crippen molar-refractivity contribution in [3.05, 3.63) is 24.4 Å². The molecule has 2 atom stereocenters. The van der Waals surface area contributed by atoms with Gasteiger partial charge in [0.05, 0.1) is 12.1 Å². The molecule has 3 heterocycles. The average molecular weight is 319 g/mol. The lowest BCUT2D eigenvalue weighted by Gasteiger charge is -2.19. The summed E-state index contributed by atoms with van der Waals surface area (Å²) in [6.07, 6.45) is 3.80. The number of aromatic nitrogens is 3. The SMILES string of the molecule is CC(NC(=O)Nc1nnc(-c2ccccn2)s1)C1CCCO1. The third-order valence-corrected chi connectivity index (χ3v) is 4.27. The topological polar surface area (TPSA) is 89.0 Å². The minimum absolute atomic E-state index is 0.0364. The maximum Gasteiger partial charge on any atom is 0.321 e. The van der Waals surface area contributed by atoms with Crippen molar-refractivity contribution in [1.82, 2.24) is 20.5 Å². The molecule has 22 heavy (non-hydrogen) atoms. The Kier molecular flexibility index (Phi) is 4.59. The van der Waals surface area contributed by atoms with E-state index in [1.165, 1.54) is 11.3 Å². The van der Waals surface area contributed by atoms with Crippen molar-refractivity contribution in [2.45, 2.75) is 31.9 Å². The summed E-state index contributed by atoms with van der Waals surface area (Å²) in [6.45, 7) is 2.71. The van der Waals surface area contributed by atoms with Crippen molar-refractivity contribution in [3.8, 4) is 10.7 Å². The van der Waals surface area contributed by atoms with Gasteiger partial charge < -0.3 is 10.1 Å². The number of urea groups is 1. The number of ether oxygens (including phenoxy) is 1. The van der Waals surface area contributed by atoms with Crippen LogP contribution in [0.5, 0.6) is 0 Å². The van der Waals surface area contributed by atoms with Gasteiger partial charge in [-0.1, -0.05) is 17.4 Å². The van der Waals surface area contributed by atoms with Crippen molar-refractivity contribution in [3.63, 3.8) is 0 Å². The predicted octanol–water partition coefficient (Wildman–Crippen LogP) is 2.29. The molecule has 2 aromatic rings. The number of hydrogen-bond donors (Lipinski definition) is 2. The van der Waals surface area contributed by atoms with Crippen LogP contribution in [0.25, 0.3) is 10.7 Å². The van der Waals surface area contributed by atoms with Gasteiger partial charge in [-0.05, 0) is 31.9 Å². The van der Waals surface area contributed by atoms with E-state index >= 15 is 0 Å². The zero-order chi connectivity index (χ0) is 15.4. The predicted molar refractivity (Wildman–Crippen MR) is 83.7 cm³/mol. The van der Waals surface area contributed by atoms with Crippen LogP contribution in [-0.4, -0.2) is 40.0 Å². The molecule has 1 aliphatic rings. The number of carbonyl (C=O) groups excluding carboxylic acids is 1. The van der Waals surface area contributed by atoms with Crippen LogP contribution in [0.1, 0.15) is 19.8 Å². The molecule has 1 aliphatic heterocycles. The van der Waals surface area contributed by atoms with Gasteiger partial charge in [-0.3, -0.25) is 10.3 Å². The molecule has 0 saturated carbocycles. The molecule has 7 nitrogen and oxygen atoms in total. The first-order valence-corrected chi connectivity index (χ1v) is 7.98. The van der Waals surface area contributed by atoms with E-state index in [1.807, 2.05) is 25.1 Å². The lowest BCUT2D eigenvalue weighted by atomic mass is 10.1. The van der Waals surface area contributed by atoms with Crippen LogP contribution in [-0.2, 0) is 4.74 Å². The molecule has 0 radical (unpaired) electrons. The summed E-state index contributed by atoms with van der Waals surface area (Å²) >= 11 is 1.29. The van der Waals surface area contributed by atoms with Crippen LogP contribution in [0.2, 0.25) is 0 Å². The quantitative estimate of drug-likeness (QED) is 0.902. The normalized spacial score (nSPS) is 18.9. The van der Waals surface area contributed by atoms with Gasteiger partial charge >= 0.3 is 6.03 Å². The largest absolute Gasteiger partial charge is 0.376 e. The van der Waals surface area contributed by atoms with E-state index in [1.54, 1.807) is 6.20 Å². The summed E-state index contributed by atoms with van der Waals surface area (Å²) in [5.74, 6) is 0. The molecule has 2 amide bonds. The smallest absolute Gasteiger partial charge is 0.321 e. The second-order valence-electron chi connectivity index (χ2n) is 5.07. The van der Waals surface area contributed by atoms with Crippen LogP contribution < -0.4 is 10.6 Å². The number of hydrogen-bond acceptors (Lipinski definition) is 6. The molecule has 0 aromatic carbocycles. The first-order chi connectivity index (χ1) is 10.7. The number of pyridine rings is 1. The first-order valence-electron chi connectivity index (χ1n) is 7.16. The lowest BCUT2D eigenvalue weighted by Crippen LogP contribution is -2.42. The number of amides is 2. The van der Waals surface area contributed by atoms with E-state index in [2.05, 4.69) is 25.8 Å². The summed E-state index contributed by atoms with van der Waals surface area (Å²) in [7, 11) is 0. The highest BCUT2D eigenvalue weighted by Crippen LogP contribution is 2.24. The molecule has 0 spiro atoms. The molecular weight excluding hydrogens is 302 g/mol. The van der Waals surface area contributed by atoms with E-state index in [0.717, 1.165) is 25.1 Å². The van der Waals surface area contributed by atoms with E-state index in [9.17, 15) is 4.79 Å². The molecule has 8 heteroatoms. The Labute approximate surface area is 132 Å². The highest BCUT2D eigenvalue weighted by atomic mass is 32.1. The minimum Gasteiger partial charge on any atom is -0.376 e. The Bertz CT molecular complexity index is 627. The Balaban J connectivity index is 1.57. The fourth-order valence-electron chi connectivity index (χ4n) is 2.30. The standard InChI is InChI=1S/C14H17N5O2S/c1-9(11-6-4-8-21-11)16-13(20)17-14-19-18-12(22-14)10-5-2-3-7-15-10/h2-3,5,7,9,11H,4,6,8H2,1H3,(H2,16,17,19,20). The molecule has 3 rings (SSSR count). The summed E-state index contributed by atoms with van der Waals surface area (Å²) in [6, 6.07) is 5.23. The molecular formula is C14H17N5O2S. The van der Waals surface area contributed by atoms with Gasteiger partial charge in [-0.15, -0.1) is 10.2 Å². The van der Waals surface area contributed by atoms with Crippen LogP contribution in [0.15, 0.2) is 24.4 Å². The van der Waals surface area contributed by atoms with Gasteiger partial charge in [0.25, 0.3) is 0 Å². The van der Waals surface area contributed by atoms with Gasteiger partial charge in [0.15, 0.2) is 5.01 Å². The molecule has 2 unspecified atom stereocenters. The highest BCUT2D eigenvalue weighted by Gasteiger charge is 2.23. The second-order valence-corrected chi connectivity index (χ2v) is 6.04. The number of nitrogens with one attached hydrogen (secondary N) is 2. The van der Waals surface area contributed by atoms with Gasteiger partial charge in [-0.2, -0.15) is 0 Å². The Morgan fingerprint density at radius 2 is 2.36 bits per heavy atom. The number of nitrogens with zero attached hydrogens (tertiary/aromatic N) is 3. The van der Waals surface area contributed by atoms with Gasteiger partial charge in [0.2, 0.25) is 5.13 Å². The zero-order valence-corrected chi connectivity index (χ0v) is 13.0. The van der Waals surface area contributed by atoms with E-state index in [0.29, 0.717) is 10.1 Å². The monoisotopic (exact) mass is 319 g/mol. The van der Waals surface area contributed by atoms with Gasteiger partial charge in [0, 0.05) is 12.8 Å². The average Bonchev–Trinajstić information content (AvgIpc) is 3.19. The molecule has 2 aromatic heterocycles. The fourth-order valence-corrected chi connectivity index (χ4v) is 3.01. The highest BCUT2D eigenvalue weighted by molar-refractivity contribution is 7.18. The van der Waals surface area contributed by atoms with E-state index in [4.69, 9.17) is 4.74 Å². The number of anilines is 1. The molecule has 1 saturated heterocycles. The molecule has 0 bridgehead atoms. The molecule has 0 aliphatic carbocycles. The molecule has 116 valence electrons. The molecule has 2 N–H and O–H groups in total. The van der Waals surface area contributed by atoms with Crippen molar-refractivity contribution in [1.29, 1.82) is 0 Å². The van der Waals surface area contributed by atoms with Crippen molar-refractivity contribution in [2.24, 2.45) is 0 Å². The Hall–Kier alpha value is -2.06. The third kappa shape index (κ3) is 3.58. The Morgan fingerprint density at radius 3 is 3.09 bits per heavy atom. The van der Waals surface area contributed by atoms with Gasteiger partial charge in [0.1, 0.15) is 5.69 Å². The van der Waals surface area contributed by atoms with Crippen LogP contribution in [0, 0.1) is 0 Å². The van der Waals surface area contributed by atoms with Crippen molar-refractivity contribution >= 4 is 22.5 Å². The maximum absolute atomic E-state index is 12.0. The van der Waals surface area contributed by atoms with Gasteiger partial charge in [-0.25, -0.2) is 4.79 Å². The molecule has 1 fully saturated rings. The Morgan fingerprint density at radius 1 is 1.45 bits per heavy atom. The first kappa shape index (κ1) is 14.9. The van der Waals surface area contributed by atoms with Crippen LogP contribution in [0.3, 0.4) is 0 Å². The fraction of sp³-hybridized carbons (Fsp3) is 0.429. The van der Waals surface area contributed by atoms with Crippen LogP contribution in [0.4, 0.5) is 9.93 Å². The lowest BCUT2D eigenvalue weighted by molar-refractivity contribution is 0.0868. The minimum atomic E-state index is -0.299. The van der Waals surface area contributed by atoms with E-state index in [-0.39, 0.29) is 18.2 Å².